The molecular formula is C13H13N3O4. The van der Waals surface area contributed by atoms with Gasteiger partial charge in [0, 0.05) is 6.07 Å². The van der Waals surface area contributed by atoms with Crippen molar-refractivity contribution < 1.29 is 19.2 Å². The van der Waals surface area contributed by atoms with Crippen LogP contribution in [0.5, 0.6) is 0 Å². The van der Waals surface area contributed by atoms with Crippen LogP contribution >= 0.6 is 0 Å². The Balaban J connectivity index is 2.06. The van der Waals surface area contributed by atoms with E-state index in [1.165, 1.54) is 12.1 Å². The predicted octanol–water partition coefficient (Wildman–Crippen LogP) is 1.31. The minimum atomic E-state index is -1.07. The number of nitrogens with zero attached hydrogens (tertiary/aromatic N) is 2. The lowest BCUT2D eigenvalue weighted by Gasteiger charge is -2.05. The Morgan fingerprint density at radius 3 is 2.65 bits per heavy atom. The number of carbonyl (C=O) groups excluding carboxylic acids is 1. The van der Waals surface area contributed by atoms with Crippen LogP contribution in [-0.4, -0.2) is 27.1 Å². The van der Waals surface area contributed by atoms with E-state index in [-0.39, 0.29) is 17.8 Å². The summed E-state index contributed by atoms with van der Waals surface area (Å²) in [7, 11) is 0. The Hall–Kier alpha value is -2.70. The number of carboxylic acid groups (broad SMARTS) is 1. The molecule has 0 bridgehead atoms. The van der Waals surface area contributed by atoms with Crippen LogP contribution in [0.3, 0.4) is 0 Å². The summed E-state index contributed by atoms with van der Waals surface area (Å²) in [5, 5.41) is 15.2. The minimum absolute atomic E-state index is 0.0763. The molecule has 0 saturated carbocycles. The van der Waals surface area contributed by atoms with Crippen molar-refractivity contribution in [3.63, 3.8) is 0 Å². The number of carbonyl (C=O) groups is 2. The van der Waals surface area contributed by atoms with Gasteiger partial charge in [-0.25, -0.2) is 9.78 Å². The van der Waals surface area contributed by atoms with Crippen molar-refractivity contribution >= 4 is 11.9 Å². The van der Waals surface area contributed by atoms with Gasteiger partial charge in [0.25, 0.3) is 5.91 Å². The van der Waals surface area contributed by atoms with E-state index in [9.17, 15) is 9.59 Å². The van der Waals surface area contributed by atoms with E-state index in [2.05, 4.69) is 15.5 Å². The lowest BCUT2D eigenvalue weighted by Crippen LogP contribution is -2.24. The van der Waals surface area contributed by atoms with E-state index in [1.807, 2.05) is 0 Å². The molecule has 0 atom stereocenters. The highest BCUT2D eigenvalue weighted by atomic mass is 16.5. The SMILES string of the molecule is Cc1cc(CNC(=O)c2ccc(C(=O)O)c(C)n2)on1. The molecular weight excluding hydrogens is 262 g/mol. The zero-order chi connectivity index (χ0) is 14.7. The fraction of sp³-hybridized carbons (Fsp3) is 0.231. The van der Waals surface area contributed by atoms with Crippen molar-refractivity contribution in [3.05, 3.63) is 46.6 Å². The van der Waals surface area contributed by atoms with Gasteiger partial charge in [-0.3, -0.25) is 4.79 Å². The normalized spacial score (nSPS) is 10.3. The number of hydrogen-bond acceptors (Lipinski definition) is 5. The third kappa shape index (κ3) is 3.00. The topological polar surface area (TPSA) is 105 Å². The number of hydrogen-bond donors (Lipinski definition) is 2. The first-order valence-electron chi connectivity index (χ1n) is 5.88. The molecule has 0 unspecified atom stereocenters. The summed E-state index contributed by atoms with van der Waals surface area (Å²) >= 11 is 0. The van der Waals surface area contributed by atoms with Gasteiger partial charge in [-0.1, -0.05) is 5.16 Å². The maximum Gasteiger partial charge on any atom is 0.337 e. The number of rotatable bonds is 4. The monoisotopic (exact) mass is 275 g/mol. The highest BCUT2D eigenvalue weighted by Gasteiger charge is 2.13. The first-order chi connectivity index (χ1) is 9.47. The molecule has 1 amide bonds. The van der Waals surface area contributed by atoms with E-state index in [1.54, 1.807) is 19.9 Å². The summed E-state index contributed by atoms with van der Waals surface area (Å²) in [6.45, 7) is 3.52. The largest absolute Gasteiger partial charge is 0.478 e. The van der Waals surface area contributed by atoms with Crippen molar-refractivity contribution in [2.75, 3.05) is 0 Å². The molecule has 7 heteroatoms. The van der Waals surface area contributed by atoms with Gasteiger partial charge in [-0.2, -0.15) is 0 Å². The molecule has 0 aliphatic carbocycles. The molecule has 0 aliphatic rings. The number of aryl methyl sites for hydroxylation is 2. The van der Waals surface area contributed by atoms with Crippen LogP contribution in [0.15, 0.2) is 22.7 Å². The number of aromatic nitrogens is 2. The van der Waals surface area contributed by atoms with Crippen LogP contribution in [0, 0.1) is 13.8 Å². The Bertz CT molecular complexity index is 663. The summed E-state index contributed by atoms with van der Waals surface area (Å²) in [4.78, 5) is 26.7. The molecule has 0 fully saturated rings. The van der Waals surface area contributed by atoms with Gasteiger partial charge in [0.2, 0.25) is 0 Å². The molecule has 2 rings (SSSR count). The van der Waals surface area contributed by atoms with Crippen molar-refractivity contribution in [1.29, 1.82) is 0 Å². The maximum absolute atomic E-state index is 11.9. The Morgan fingerprint density at radius 1 is 1.35 bits per heavy atom. The van der Waals surface area contributed by atoms with Crippen molar-refractivity contribution in [2.45, 2.75) is 20.4 Å². The zero-order valence-electron chi connectivity index (χ0n) is 11.0. The lowest BCUT2D eigenvalue weighted by atomic mass is 10.2. The van der Waals surface area contributed by atoms with E-state index in [0.29, 0.717) is 11.5 Å². The van der Waals surface area contributed by atoms with Crippen molar-refractivity contribution in [3.8, 4) is 0 Å². The molecule has 0 aromatic carbocycles. The summed E-state index contributed by atoms with van der Waals surface area (Å²) < 4.78 is 4.96. The van der Waals surface area contributed by atoms with Crippen LogP contribution in [0.1, 0.15) is 38.0 Å². The van der Waals surface area contributed by atoms with Gasteiger partial charge in [-0.05, 0) is 26.0 Å². The number of nitrogens with one attached hydrogen (secondary N) is 1. The number of pyridine rings is 1. The van der Waals surface area contributed by atoms with E-state index in [0.717, 1.165) is 5.69 Å². The molecule has 2 N–H and O–H groups in total. The molecule has 104 valence electrons. The highest BCUT2D eigenvalue weighted by molar-refractivity contribution is 5.94. The molecule has 0 spiro atoms. The van der Waals surface area contributed by atoms with E-state index < -0.39 is 11.9 Å². The third-order valence-electron chi connectivity index (χ3n) is 2.65. The van der Waals surface area contributed by atoms with Gasteiger partial charge in [0.05, 0.1) is 23.5 Å². The second kappa shape index (κ2) is 5.52. The highest BCUT2D eigenvalue weighted by Crippen LogP contribution is 2.07. The van der Waals surface area contributed by atoms with Gasteiger partial charge < -0.3 is 14.9 Å². The fourth-order valence-corrected chi connectivity index (χ4v) is 1.67. The van der Waals surface area contributed by atoms with E-state index in [4.69, 9.17) is 9.63 Å². The minimum Gasteiger partial charge on any atom is -0.478 e. The first-order valence-corrected chi connectivity index (χ1v) is 5.88. The Morgan fingerprint density at radius 2 is 2.10 bits per heavy atom. The van der Waals surface area contributed by atoms with Crippen LogP contribution in [-0.2, 0) is 6.54 Å². The standard InChI is InChI=1S/C13H13N3O4/c1-7-5-9(20-16-7)6-14-12(17)11-4-3-10(13(18)19)8(2)15-11/h3-5H,6H2,1-2H3,(H,14,17)(H,18,19). The molecule has 2 aromatic rings. The molecule has 20 heavy (non-hydrogen) atoms. The van der Waals surface area contributed by atoms with Gasteiger partial charge in [0.15, 0.2) is 5.76 Å². The third-order valence-corrected chi connectivity index (χ3v) is 2.65. The van der Waals surface area contributed by atoms with E-state index >= 15 is 0 Å². The molecule has 7 nitrogen and oxygen atoms in total. The fourth-order valence-electron chi connectivity index (χ4n) is 1.67. The molecule has 0 aliphatic heterocycles. The summed E-state index contributed by atoms with van der Waals surface area (Å²) in [5.74, 6) is -0.937. The molecule has 2 heterocycles. The number of aromatic carboxylic acids is 1. The molecule has 0 saturated heterocycles. The Kier molecular flexibility index (Phi) is 3.79. The summed E-state index contributed by atoms with van der Waals surface area (Å²) in [6.07, 6.45) is 0. The molecule has 2 aromatic heterocycles. The van der Waals surface area contributed by atoms with Gasteiger partial charge >= 0.3 is 5.97 Å². The second-order valence-corrected chi connectivity index (χ2v) is 4.25. The quantitative estimate of drug-likeness (QED) is 0.871. The maximum atomic E-state index is 11.9. The molecule has 0 radical (unpaired) electrons. The van der Waals surface area contributed by atoms with Crippen molar-refractivity contribution in [2.24, 2.45) is 0 Å². The first kappa shape index (κ1) is 13.7. The number of carboxylic acids is 1. The lowest BCUT2D eigenvalue weighted by molar-refractivity contribution is 0.0694. The predicted molar refractivity (Wildman–Crippen MR) is 68.3 cm³/mol. The smallest absolute Gasteiger partial charge is 0.337 e. The Labute approximate surface area is 114 Å². The second-order valence-electron chi connectivity index (χ2n) is 4.25. The van der Waals surface area contributed by atoms with Crippen molar-refractivity contribution in [1.82, 2.24) is 15.5 Å². The van der Waals surface area contributed by atoms with Crippen LogP contribution < -0.4 is 5.32 Å². The van der Waals surface area contributed by atoms with Gasteiger partial charge in [0.1, 0.15) is 5.69 Å². The van der Waals surface area contributed by atoms with Crippen LogP contribution in [0.4, 0.5) is 0 Å². The summed E-state index contributed by atoms with van der Waals surface area (Å²) in [6, 6.07) is 4.45. The number of amides is 1. The van der Waals surface area contributed by atoms with Gasteiger partial charge in [-0.15, -0.1) is 0 Å². The summed E-state index contributed by atoms with van der Waals surface area (Å²) in [5.41, 5.74) is 1.26. The average Bonchev–Trinajstić information content (AvgIpc) is 2.81. The van der Waals surface area contributed by atoms with Crippen LogP contribution in [0.2, 0.25) is 0 Å². The van der Waals surface area contributed by atoms with Crippen LogP contribution in [0.25, 0.3) is 0 Å². The average molecular weight is 275 g/mol. The zero-order valence-corrected chi connectivity index (χ0v) is 11.0.